The number of thioether (sulfide) groups is 1. The van der Waals surface area contributed by atoms with Crippen LogP contribution in [0.2, 0.25) is 0 Å². The van der Waals surface area contributed by atoms with E-state index in [0.717, 1.165) is 16.2 Å². The summed E-state index contributed by atoms with van der Waals surface area (Å²) in [7, 11) is 0. The minimum atomic E-state index is -1.18. The lowest BCUT2D eigenvalue weighted by Crippen LogP contribution is -2.47. The molecule has 2 aromatic rings. The molecule has 154 valence electrons. The molecule has 1 saturated heterocycles. The first-order valence-electron chi connectivity index (χ1n) is 9.19. The van der Waals surface area contributed by atoms with Crippen LogP contribution in [-0.4, -0.2) is 29.3 Å². The average molecular weight is 444 g/mol. The Bertz CT molecular complexity index is 1110. The number of carbonyl (C=O) groups is 3. The number of esters is 2. The van der Waals surface area contributed by atoms with Gasteiger partial charge in [-0.3, -0.25) is 9.69 Å². The van der Waals surface area contributed by atoms with Crippen LogP contribution in [0.1, 0.15) is 40.6 Å². The minimum Gasteiger partial charge on any atom is -0.462 e. The van der Waals surface area contributed by atoms with E-state index in [0.29, 0.717) is 12.1 Å². The Balaban J connectivity index is 1.61. The summed E-state index contributed by atoms with van der Waals surface area (Å²) in [6.45, 7) is 1.51. The molecule has 0 aliphatic carbocycles. The molecule has 0 bridgehead atoms. The number of thiophene rings is 1. The van der Waals surface area contributed by atoms with Crippen molar-refractivity contribution >= 4 is 51.6 Å². The minimum absolute atomic E-state index is 0.0927. The molecule has 1 aromatic carbocycles. The van der Waals surface area contributed by atoms with E-state index in [4.69, 9.17) is 15.2 Å². The Morgan fingerprint density at radius 1 is 1.33 bits per heavy atom. The molecular formula is C20H17N3O5S2. The Hall–Kier alpha value is -3.03. The highest BCUT2D eigenvalue weighted by Crippen LogP contribution is 2.56. The van der Waals surface area contributed by atoms with Gasteiger partial charge in [0.15, 0.2) is 4.87 Å². The summed E-state index contributed by atoms with van der Waals surface area (Å²) < 4.78 is 10.6. The Morgan fingerprint density at radius 2 is 2.10 bits per heavy atom. The number of nitriles is 1. The smallest absolute Gasteiger partial charge is 0.348 e. The van der Waals surface area contributed by atoms with Gasteiger partial charge in [0.05, 0.1) is 17.9 Å². The first-order chi connectivity index (χ1) is 14.4. The van der Waals surface area contributed by atoms with Crippen LogP contribution < -0.4 is 10.6 Å². The summed E-state index contributed by atoms with van der Waals surface area (Å²) in [5, 5.41) is 9.59. The number of nitrogens with zero attached hydrogens (tertiary/aromatic N) is 2. The monoisotopic (exact) mass is 443 g/mol. The van der Waals surface area contributed by atoms with E-state index >= 15 is 0 Å². The van der Waals surface area contributed by atoms with Gasteiger partial charge in [-0.1, -0.05) is 23.9 Å². The number of hydrogen-bond acceptors (Lipinski definition) is 9. The molecule has 2 aliphatic heterocycles. The SMILES string of the molecule is CCOC(=O)c1sc(N)c(C#N)c1COC(=O)C12CCC(=O)N1c1ccccc1S2. The summed E-state index contributed by atoms with van der Waals surface area (Å²) in [5.74, 6) is -1.37. The fourth-order valence-corrected chi connectivity index (χ4v) is 5.96. The zero-order valence-electron chi connectivity index (χ0n) is 16.0. The molecule has 1 atom stereocenters. The molecule has 30 heavy (non-hydrogen) atoms. The molecular weight excluding hydrogens is 426 g/mol. The number of ether oxygens (including phenoxy) is 2. The molecule has 2 aliphatic rings. The molecule has 1 aromatic heterocycles. The molecule has 2 N–H and O–H groups in total. The fourth-order valence-electron chi connectivity index (χ4n) is 3.63. The van der Waals surface area contributed by atoms with E-state index in [9.17, 15) is 19.6 Å². The molecule has 0 saturated carbocycles. The Kier molecular flexibility index (Phi) is 5.17. The number of nitrogen functional groups attached to an aromatic ring is 1. The number of carbonyl (C=O) groups excluding carboxylic acids is 3. The number of nitrogens with two attached hydrogens (primary N) is 1. The molecule has 4 rings (SSSR count). The molecule has 1 unspecified atom stereocenters. The Morgan fingerprint density at radius 3 is 2.83 bits per heavy atom. The lowest BCUT2D eigenvalue weighted by atomic mass is 10.1. The highest BCUT2D eigenvalue weighted by molar-refractivity contribution is 8.02. The lowest BCUT2D eigenvalue weighted by molar-refractivity contribution is -0.148. The number of amides is 1. The molecule has 0 spiro atoms. The van der Waals surface area contributed by atoms with Gasteiger partial charge in [0.25, 0.3) is 0 Å². The van der Waals surface area contributed by atoms with E-state index in [1.165, 1.54) is 16.7 Å². The third-order valence-electron chi connectivity index (χ3n) is 4.95. The molecule has 1 amide bonds. The summed E-state index contributed by atoms with van der Waals surface area (Å²) in [4.78, 5) is 39.2. The summed E-state index contributed by atoms with van der Waals surface area (Å²) in [6, 6.07) is 9.26. The van der Waals surface area contributed by atoms with Crippen molar-refractivity contribution in [2.24, 2.45) is 0 Å². The van der Waals surface area contributed by atoms with Crippen molar-refractivity contribution in [2.45, 2.75) is 36.1 Å². The van der Waals surface area contributed by atoms with E-state index in [1.54, 1.807) is 13.0 Å². The predicted molar refractivity (Wildman–Crippen MR) is 111 cm³/mol. The molecule has 1 fully saturated rings. The van der Waals surface area contributed by atoms with Crippen LogP contribution >= 0.6 is 23.1 Å². The highest BCUT2D eigenvalue weighted by atomic mass is 32.2. The zero-order chi connectivity index (χ0) is 21.5. The van der Waals surface area contributed by atoms with Crippen molar-refractivity contribution in [3.63, 3.8) is 0 Å². The summed E-state index contributed by atoms with van der Waals surface area (Å²) in [5.41, 5.74) is 6.87. The highest BCUT2D eigenvalue weighted by Gasteiger charge is 2.58. The first-order valence-corrected chi connectivity index (χ1v) is 10.8. The van der Waals surface area contributed by atoms with Crippen LogP contribution in [0.5, 0.6) is 0 Å². The number of fused-ring (bicyclic) bond motifs is 3. The van der Waals surface area contributed by atoms with E-state index < -0.39 is 16.8 Å². The number of rotatable bonds is 5. The third-order valence-corrected chi connectivity index (χ3v) is 7.44. The number of para-hydroxylation sites is 1. The van der Waals surface area contributed by atoms with Gasteiger partial charge < -0.3 is 15.2 Å². The van der Waals surface area contributed by atoms with Crippen molar-refractivity contribution in [2.75, 3.05) is 17.2 Å². The Labute approximate surface area is 180 Å². The van der Waals surface area contributed by atoms with Gasteiger partial charge in [-0.2, -0.15) is 5.26 Å². The quantitative estimate of drug-likeness (QED) is 0.700. The largest absolute Gasteiger partial charge is 0.462 e. The lowest BCUT2D eigenvalue weighted by Gasteiger charge is -2.28. The van der Waals surface area contributed by atoms with Crippen LogP contribution in [0.4, 0.5) is 10.7 Å². The number of benzene rings is 1. The third kappa shape index (κ3) is 3.02. The van der Waals surface area contributed by atoms with Crippen molar-refractivity contribution in [3.05, 3.63) is 40.3 Å². The maximum absolute atomic E-state index is 13.2. The zero-order valence-corrected chi connectivity index (χ0v) is 17.6. The second kappa shape index (κ2) is 7.66. The second-order valence-electron chi connectivity index (χ2n) is 6.64. The number of hydrogen-bond donors (Lipinski definition) is 1. The van der Waals surface area contributed by atoms with Crippen molar-refractivity contribution in [3.8, 4) is 6.07 Å². The normalized spacial score (nSPS) is 19.2. The fraction of sp³-hybridized carbons (Fsp3) is 0.300. The standard InChI is InChI=1S/C20H17N3O5S2/c1-2-27-18(25)16-12(11(9-21)17(22)29-16)10-28-19(26)20-8-7-15(24)23(20)13-5-3-4-6-14(13)30-20/h3-6H,2,7-8,10,22H2,1H3. The van der Waals surface area contributed by atoms with Crippen molar-refractivity contribution in [1.82, 2.24) is 0 Å². The van der Waals surface area contributed by atoms with Gasteiger partial charge in [-0.25, -0.2) is 9.59 Å². The predicted octanol–water partition coefficient (Wildman–Crippen LogP) is 3.05. The van der Waals surface area contributed by atoms with E-state index in [1.807, 2.05) is 24.3 Å². The topological polar surface area (TPSA) is 123 Å². The van der Waals surface area contributed by atoms with Gasteiger partial charge in [-0.05, 0) is 19.1 Å². The van der Waals surface area contributed by atoms with Gasteiger partial charge in [0.1, 0.15) is 22.6 Å². The molecule has 0 radical (unpaired) electrons. The molecule has 8 nitrogen and oxygen atoms in total. The van der Waals surface area contributed by atoms with Gasteiger partial charge >= 0.3 is 11.9 Å². The first kappa shape index (κ1) is 20.3. The summed E-state index contributed by atoms with van der Waals surface area (Å²) >= 11 is 2.21. The van der Waals surface area contributed by atoms with Crippen LogP contribution in [0.25, 0.3) is 0 Å². The van der Waals surface area contributed by atoms with E-state index in [-0.39, 0.29) is 46.5 Å². The molecule has 10 heteroatoms. The maximum Gasteiger partial charge on any atom is 0.348 e. The van der Waals surface area contributed by atoms with Crippen molar-refractivity contribution in [1.29, 1.82) is 5.26 Å². The second-order valence-corrected chi connectivity index (χ2v) is 9.01. The average Bonchev–Trinajstić information content (AvgIpc) is 3.36. The van der Waals surface area contributed by atoms with Crippen LogP contribution in [0.15, 0.2) is 29.2 Å². The van der Waals surface area contributed by atoms with Crippen LogP contribution in [0.3, 0.4) is 0 Å². The van der Waals surface area contributed by atoms with Gasteiger partial charge in [-0.15, -0.1) is 11.3 Å². The number of anilines is 2. The van der Waals surface area contributed by atoms with Crippen molar-refractivity contribution < 1.29 is 23.9 Å². The van der Waals surface area contributed by atoms with Crippen LogP contribution in [-0.2, 0) is 25.7 Å². The van der Waals surface area contributed by atoms with E-state index in [2.05, 4.69) is 0 Å². The molecule has 3 heterocycles. The van der Waals surface area contributed by atoms with Gasteiger partial charge in [0.2, 0.25) is 5.91 Å². The maximum atomic E-state index is 13.2. The van der Waals surface area contributed by atoms with Crippen LogP contribution in [0, 0.1) is 11.3 Å². The van der Waals surface area contributed by atoms with Gasteiger partial charge in [0, 0.05) is 23.3 Å². The summed E-state index contributed by atoms with van der Waals surface area (Å²) in [6.07, 6.45) is 0.547.